The van der Waals surface area contributed by atoms with E-state index in [0.29, 0.717) is 18.7 Å². The second-order valence-electron chi connectivity index (χ2n) is 4.88. The standard InChI is InChI=1S/C16H25N3O3.HI/c1-5-17-16(19-12(2)11-21-3)18-10-13-6-8-14(9-7-13)15(20)22-4;/h6-9,12H,5,10-11H2,1-4H3,(H2,17,18,19);1H. The highest BCUT2D eigenvalue weighted by Crippen LogP contribution is 2.06. The molecule has 7 heteroatoms. The maximum Gasteiger partial charge on any atom is 0.337 e. The van der Waals surface area contributed by atoms with Gasteiger partial charge in [-0.05, 0) is 31.5 Å². The lowest BCUT2D eigenvalue weighted by molar-refractivity contribution is 0.0600. The minimum absolute atomic E-state index is 0. The lowest BCUT2D eigenvalue weighted by atomic mass is 10.1. The highest BCUT2D eigenvalue weighted by molar-refractivity contribution is 14.0. The predicted octanol–water partition coefficient (Wildman–Crippen LogP) is 2.18. The topological polar surface area (TPSA) is 72.0 Å². The molecule has 0 aromatic heterocycles. The molecule has 0 saturated heterocycles. The summed E-state index contributed by atoms with van der Waals surface area (Å²) in [5, 5.41) is 6.46. The average molecular weight is 435 g/mol. The van der Waals surface area contributed by atoms with Crippen molar-refractivity contribution in [3.8, 4) is 0 Å². The second kappa shape index (κ2) is 12.1. The molecule has 1 rings (SSSR count). The van der Waals surface area contributed by atoms with E-state index >= 15 is 0 Å². The molecule has 6 nitrogen and oxygen atoms in total. The number of benzene rings is 1. The van der Waals surface area contributed by atoms with Crippen LogP contribution < -0.4 is 10.6 Å². The van der Waals surface area contributed by atoms with Crippen LogP contribution in [0.5, 0.6) is 0 Å². The summed E-state index contributed by atoms with van der Waals surface area (Å²) in [5.41, 5.74) is 1.55. The van der Waals surface area contributed by atoms with E-state index in [1.807, 2.05) is 26.0 Å². The summed E-state index contributed by atoms with van der Waals surface area (Å²) < 4.78 is 9.78. The molecule has 0 aliphatic heterocycles. The quantitative estimate of drug-likeness (QED) is 0.297. The van der Waals surface area contributed by atoms with Gasteiger partial charge >= 0.3 is 5.97 Å². The fraction of sp³-hybridized carbons (Fsp3) is 0.500. The molecule has 130 valence electrons. The Kier molecular flexibility index (Phi) is 11.4. The lowest BCUT2D eigenvalue weighted by Gasteiger charge is -2.17. The maximum absolute atomic E-state index is 11.4. The summed E-state index contributed by atoms with van der Waals surface area (Å²) >= 11 is 0. The van der Waals surface area contributed by atoms with E-state index in [-0.39, 0.29) is 36.0 Å². The molecule has 0 aliphatic carbocycles. The zero-order chi connectivity index (χ0) is 16.4. The van der Waals surface area contributed by atoms with E-state index in [2.05, 4.69) is 20.4 Å². The fourth-order valence-corrected chi connectivity index (χ4v) is 1.88. The Balaban J connectivity index is 0.00000484. The first-order valence-corrected chi connectivity index (χ1v) is 7.31. The molecule has 0 heterocycles. The molecule has 0 spiro atoms. The molecule has 0 saturated carbocycles. The van der Waals surface area contributed by atoms with Crippen molar-refractivity contribution in [3.05, 3.63) is 35.4 Å². The van der Waals surface area contributed by atoms with E-state index in [1.165, 1.54) is 7.11 Å². The zero-order valence-electron chi connectivity index (χ0n) is 14.1. The number of methoxy groups -OCH3 is 2. The van der Waals surface area contributed by atoms with Gasteiger partial charge in [0.2, 0.25) is 0 Å². The van der Waals surface area contributed by atoms with Gasteiger partial charge in [-0.25, -0.2) is 9.79 Å². The highest BCUT2D eigenvalue weighted by atomic mass is 127. The monoisotopic (exact) mass is 435 g/mol. The normalized spacial score (nSPS) is 12.1. The van der Waals surface area contributed by atoms with E-state index in [0.717, 1.165) is 18.1 Å². The number of carbonyl (C=O) groups is 1. The Morgan fingerprint density at radius 3 is 2.43 bits per heavy atom. The minimum atomic E-state index is -0.335. The van der Waals surface area contributed by atoms with Crippen LogP contribution in [-0.2, 0) is 16.0 Å². The molecule has 1 atom stereocenters. The number of aliphatic imine (C=N–C) groups is 1. The molecule has 0 amide bonds. The third kappa shape index (κ3) is 8.17. The van der Waals surface area contributed by atoms with Gasteiger partial charge in [-0.3, -0.25) is 0 Å². The van der Waals surface area contributed by atoms with Crippen LogP contribution in [0, 0.1) is 0 Å². The van der Waals surface area contributed by atoms with Crippen molar-refractivity contribution in [1.82, 2.24) is 10.6 Å². The Morgan fingerprint density at radius 1 is 1.26 bits per heavy atom. The van der Waals surface area contributed by atoms with Gasteiger partial charge in [0.15, 0.2) is 5.96 Å². The van der Waals surface area contributed by atoms with Crippen LogP contribution in [0.4, 0.5) is 0 Å². The molecule has 2 N–H and O–H groups in total. The Hall–Kier alpha value is -1.35. The van der Waals surface area contributed by atoms with Crippen molar-refractivity contribution in [2.24, 2.45) is 4.99 Å². The molecule has 1 aromatic rings. The SMILES string of the molecule is CCNC(=NCc1ccc(C(=O)OC)cc1)NC(C)COC.I. The number of carbonyl (C=O) groups excluding carboxylic acids is 1. The van der Waals surface area contributed by atoms with E-state index in [4.69, 9.17) is 4.74 Å². The molecule has 23 heavy (non-hydrogen) atoms. The van der Waals surface area contributed by atoms with Gasteiger partial charge in [0, 0.05) is 19.7 Å². The van der Waals surface area contributed by atoms with Crippen LogP contribution in [0.25, 0.3) is 0 Å². The van der Waals surface area contributed by atoms with Gasteiger partial charge in [0.05, 0.1) is 25.8 Å². The van der Waals surface area contributed by atoms with Crippen LogP contribution in [-0.4, -0.2) is 45.3 Å². The number of hydrogen-bond donors (Lipinski definition) is 2. The molecule has 1 aromatic carbocycles. The number of rotatable bonds is 7. The lowest BCUT2D eigenvalue weighted by Crippen LogP contribution is -2.43. The first-order chi connectivity index (χ1) is 10.6. The Labute approximate surface area is 155 Å². The summed E-state index contributed by atoms with van der Waals surface area (Å²) in [5.74, 6) is 0.405. The van der Waals surface area contributed by atoms with Gasteiger partial charge < -0.3 is 20.1 Å². The summed E-state index contributed by atoms with van der Waals surface area (Å²) in [6.07, 6.45) is 0. The number of hydrogen-bond acceptors (Lipinski definition) is 4. The summed E-state index contributed by atoms with van der Waals surface area (Å²) in [6, 6.07) is 7.40. The maximum atomic E-state index is 11.4. The first-order valence-electron chi connectivity index (χ1n) is 7.31. The molecule has 0 fully saturated rings. The van der Waals surface area contributed by atoms with Crippen LogP contribution >= 0.6 is 24.0 Å². The highest BCUT2D eigenvalue weighted by Gasteiger charge is 2.06. The van der Waals surface area contributed by atoms with Gasteiger partial charge in [0.1, 0.15) is 0 Å². The summed E-state index contributed by atoms with van der Waals surface area (Å²) in [7, 11) is 3.04. The summed E-state index contributed by atoms with van der Waals surface area (Å²) in [4.78, 5) is 15.9. The van der Waals surface area contributed by atoms with Crippen molar-refractivity contribution in [2.75, 3.05) is 27.4 Å². The van der Waals surface area contributed by atoms with Gasteiger partial charge in [-0.2, -0.15) is 0 Å². The third-order valence-corrected chi connectivity index (χ3v) is 2.94. The van der Waals surface area contributed by atoms with Crippen molar-refractivity contribution in [3.63, 3.8) is 0 Å². The number of esters is 1. The van der Waals surface area contributed by atoms with E-state index < -0.39 is 0 Å². The molecule has 0 bridgehead atoms. The van der Waals surface area contributed by atoms with Crippen LogP contribution in [0.3, 0.4) is 0 Å². The van der Waals surface area contributed by atoms with Crippen molar-refractivity contribution in [1.29, 1.82) is 0 Å². The van der Waals surface area contributed by atoms with Crippen LogP contribution in [0.15, 0.2) is 29.3 Å². The second-order valence-corrected chi connectivity index (χ2v) is 4.88. The average Bonchev–Trinajstić information content (AvgIpc) is 2.53. The number of ether oxygens (including phenoxy) is 2. The molecule has 0 aliphatic rings. The van der Waals surface area contributed by atoms with Crippen molar-refractivity contribution < 1.29 is 14.3 Å². The number of nitrogens with zero attached hydrogens (tertiary/aromatic N) is 1. The van der Waals surface area contributed by atoms with E-state index in [1.54, 1.807) is 19.2 Å². The largest absolute Gasteiger partial charge is 0.465 e. The van der Waals surface area contributed by atoms with Gasteiger partial charge in [-0.1, -0.05) is 12.1 Å². The van der Waals surface area contributed by atoms with Gasteiger partial charge in [-0.15, -0.1) is 24.0 Å². The third-order valence-electron chi connectivity index (χ3n) is 2.94. The first kappa shape index (κ1) is 21.6. The summed E-state index contributed by atoms with van der Waals surface area (Å²) in [6.45, 7) is 5.96. The van der Waals surface area contributed by atoms with E-state index in [9.17, 15) is 4.79 Å². The predicted molar refractivity (Wildman–Crippen MR) is 102 cm³/mol. The number of guanidine groups is 1. The molecule has 1 unspecified atom stereocenters. The molecular formula is C16H26IN3O3. The fourth-order valence-electron chi connectivity index (χ4n) is 1.88. The smallest absolute Gasteiger partial charge is 0.337 e. The van der Waals surface area contributed by atoms with Crippen LogP contribution in [0.1, 0.15) is 29.8 Å². The number of halogens is 1. The number of nitrogens with one attached hydrogen (secondary N) is 2. The van der Waals surface area contributed by atoms with Gasteiger partial charge in [0.25, 0.3) is 0 Å². The Bertz CT molecular complexity index is 492. The molecular weight excluding hydrogens is 409 g/mol. The molecule has 0 radical (unpaired) electrons. The van der Waals surface area contributed by atoms with Crippen molar-refractivity contribution in [2.45, 2.75) is 26.4 Å². The Morgan fingerprint density at radius 2 is 1.91 bits per heavy atom. The zero-order valence-corrected chi connectivity index (χ0v) is 16.4. The van der Waals surface area contributed by atoms with Crippen molar-refractivity contribution >= 4 is 35.9 Å². The van der Waals surface area contributed by atoms with Crippen LogP contribution in [0.2, 0.25) is 0 Å². The minimum Gasteiger partial charge on any atom is -0.465 e.